The van der Waals surface area contributed by atoms with Crippen molar-refractivity contribution in [1.82, 2.24) is 34.6 Å². The zero-order valence-corrected chi connectivity index (χ0v) is 28.9. The Kier molecular flexibility index (Phi) is 11.4. The standard InChI is InChI=1S/C35H47N11O4/c1-42(2)29-12-16-44(17-13-29)32(47)26-6-10-28(11-7-26)38-35(49)37-27-8-4-25(5-9-27)31-39-30(40-34(41-31)46-20-22-50-23-21-46)24-43-14-3-15-45(19-18-43)33(36)48/h4-11,29H,3,12-24H2,1-2H3,(H2,36,48)(H2,37,38,49). The summed E-state index contributed by atoms with van der Waals surface area (Å²) in [7, 11) is 4.16. The van der Waals surface area contributed by atoms with E-state index in [4.69, 9.17) is 25.4 Å². The Balaban J connectivity index is 1.08. The average molecular weight is 686 g/mol. The summed E-state index contributed by atoms with van der Waals surface area (Å²) in [5.74, 6) is 1.80. The lowest BCUT2D eigenvalue weighted by Crippen LogP contribution is -2.44. The zero-order valence-electron chi connectivity index (χ0n) is 28.9. The van der Waals surface area contributed by atoms with Crippen LogP contribution < -0.4 is 21.3 Å². The first-order valence-electron chi connectivity index (χ1n) is 17.3. The first-order valence-corrected chi connectivity index (χ1v) is 17.3. The smallest absolute Gasteiger partial charge is 0.323 e. The minimum Gasteiger partial charge on any atom is -0.378 e. The molecule has 0 saturated carbocycles. The predicted octanol–water partition coefficient (Wildman–Crippen LogP) is 2.77. The Bertz CT molecular complexity index is 1620. The van der Waals surface area contributed by atoms with Gasteiger partial charge in [-0.2, -0.15) is 9.97 Å². The Morgan fingerprint density at radius 2 is 1.46 bits per heavy atom. The van der Waals surface area contributed by atoms with Gasteiger partial charge >= 0.3 is 12.1 Å². The van der Waals surface area contributed by atoms with E-state index in [0.29, 0.717) is 93.1 Å². The molecule has 0 spiro atoms. The van der Waals surface area contributed by atoms with Crippen molar-refractivity contribution in [3.63, 3.8) is 0 Å². The number of nitrogens with two attached hydrogens (primary N) is 1. The molecular formula is C35H47N11O4. The predicted molar refractivity (Wildman–Crippen MR) is 191 cm³/mol. The summed E-state index contributed by atoms with van der Waals surface area (Å²) in [6.45, 7) is 7.26. The molecule has 0 radical (unpaired) electrons. The summed E-state index contributed by atoms with van der Waals surface area (Å²) >= 11 is 0. The van der Waals surface area contributed by atoms with E-state index in [-0.39, 0.29) is 5.91 Å². The molecule has 3 aliphatic rings. The van der Waals surface area contributed by atoms with E-state index in [1.54, 1.807) is 41.3 Å². The van der Waals surface area contributed by atoms with Crippen molar-refractivity contribution in [2.75, 3.05) is 95.2 Å². The SMILES string of the molecule is CN(C)C1CCN(C(=O)c2ccc(NC(=O)Nc3ccc(-c4nc(CN5CCCN(C(N)=O)CC5)nc(N5CCOCC5)n4)cc3)cc2)CC1. The van der Waals surface area contributed by atoms with Gasteiger partial charge in [-0.25, -0.2) is 14.6 Å². The highest BCUT2D eigenvalue weighted by Crippen LogP contribution is 2.23. The Labute approximate surface area is 292 Å². The second-order valence-corrected chi connectivity index (χ2v) is 13.2. The van der Waals surface area contributed by atoms with E-state index in [0.717, 1.165) is 44.5 Å². The third-order valence-corrected chi connectivity index (χ3v) is 9.50. The molecule has 15 heteroatoms. The first kappa shape index (κ1) is 35.0. The number of likely N-dealkylation sites (tertiary alicyclic amines) is 1. The number of benzene rings is 2. The summed E-state index contributed by atoms with van der Waals surface area (Å²) in [4.78, 5) is 62.1. The van der Waals surface area contributed by atoms with Crippen LogP contribution in [-0.2, 0) is 11.3 Å². The van der Waals surface area contributed by atoms with Crippen molar-refractivity contribution in [2.24, 2.45) is 5.73 Å². The summed E-state index contributed by atoms with van der Waals surface area (Å²) in [5.41, 5.74) is 8.10. The molecule has 266 valence electrons. The molecule has 4 heterocycles. The van der Waals surface area contributed by atoms with E-state index < -0.39 is 12.1 Å². The van der Waals surface area contributed by atoms with Crippen LogP contribution in [0.15, 0.2) is 48.5 Å². The Morgan fingerprint density at radius 1 is 0.800 bits per heavy atom. The monoisotopic (exact) mass is 685 g/mol. The molecule has 4 N–H and O–H groups in total. The number of carbonyl (C=O) groups is 3. The van der Waals surface area contributed by atoms with Gasteiger partial charge < -0.3 is 40.7 Å². The van der Waals surface area contributed by atoms with E-state index >= 15 is 0 Å². The average Bonchev–Trinajstić information content (AvgIpc) is 3.38. The van der Waals surface area contributed by atoms with Crippen LogP contribution in [0, 0.1) is 0 Å². The highest BCUT2D eigenvalue weighted by Gasteiger charge is 2.25. The van der Waals surface area contributed by atoms with E-state index in [9.17, 15) is 14.4 Å². The molecular weight excluding hydrogens is 638 g/mol. The summed E-state index contributed by atoms with van der Waals surface area (Å²) < 4.78 is 5.54. The molecule has 3 aromatic rings. The number of primary amides is 1. The molecule has 15 nitrogen and oxygen atoms in total. The van der Waals surface area contributed by atoms with Crippen molar-refractivity contribution < 1.29 is 19.1 Å². The lowest BCUT2D eigenvalue weighted by Gasteiger charge is -2.35. The molecule has 3 saturated heterocycles. The Hall–Kier alpha value is -4.86. The molecule has 0 bridgehead atoms. The number of rotatable bonds is 8. The summed E-state index contributed by atoms with van der Waals surface area (Å²) in [6.07, 6.45) is 2.75. The lowest BCUT2D eigenvalue weighted by atomic mass is 10.0. The largest absolute Gasteiger partial charge is 0.378 e. The van der Waals surface area contributed by atoms with Crippen molar-refractivity contribution in [1.29, 1.82) is 0 Å². The highest BCUT2D eigenvalue weighted by atomic mass is 16.5. The van der Waals surface area contributed by atoms with Gasteiger partial charge in [-0.1, -0.05) is 0 Å². The second-order valence-electron chi connectivity index (χ2n) is 13.2. The molecule has 1 aromatic heterocycles. The number of hydrogen-bond donors (Lipinski definition) is 3. The van der Waals surface area contributed by atoms with Crippen molar-refractivity contribution >= 4 is 35.3 Å². The van der Waals surface area contributed by atoms with Crippen LogP contribution >= 0.6 is 0 Å². The van der Waals surface area contributed by atoms with E-state index in [1.807, 2.05) is 17.0 Å². The van der Waals surface area contributed by atoms with Crippen LogP contribution in [0.3, 0.4) is 0 Å². The summed E-state index contributed by atoms with van der Waals surface area (Å²) in [6, 6.07) is 14.1. The van der Waals surface area contributed by atoms with Crippen LogP contribution in [0.4, 0.5) is 26.9 Å². The first-order chi connectivity index (χ1) is 24.2. The van der Waals surface area contributed by atoms with Gasteiger partial charge in [0.25, 0.3) is 5.91 Å². The van der Waals surface area contributed by atoms with Crippen LogP contribution in [0.1, 0.15) is 35.4 Å². The van der Waals surface area contributed by atoms with Gasteiger partial charge in [-0.15, -0.1) is 0 Å². The third kappa shape index (κ3) is 9.02. The fourth-order valence-electron chi connectivity index (χ4n) is 6.52. The van der Waals surface area contributed by atoms with Crippen molar-refractivity contribution in [3.05, 3.63) is 59.9 Å². The zero-order chi connectivity index (χ0) is 35.0. The topological polar surface area (TPSA) is 165 Å². The van der Waals surface area contributed by atoms with Gasteiger partial charge in [0.05, 0.1) is 19.8 Å². The van der Waals surface area contributed by atoms with Crippen molar-refractivity contribution in [2.45, 2.75) is 31.8 Å². The number of piperidine rings is 1. The van der Waals surface area contributed by atoms with Gasteiger partial charge in [0.2, 0.25) is 5.95 Å². The van der Waals surface area contributed by atoms with Gasteiger partial charge in [-0.3, -0.25) is 9.69 Å². The molecule has 2 aromatic carbocycles. The molecule has 0 unspecified atom stereocenters. The number of amides is 5. The van der Waals surface area contributed by atoms with Crippen LogP contribution in [-0.4, -0.2) is 138 Å². The number of hydrogen-bond acceptors (Lipinski definition) is 10. The molecule has 6 rings (SSSR count). The maximum absolute atomic E-state index is 13.0. The quantitative estimate of drug-likeness (QED) is 0.321. The molecule has 0 aliphatic carbocycles. The third-order valence-electron chi connectivity index (χ3n) is 9.50. The number of anilines is 3. The molecule has 50 heavy (non-hydrogen) atoms. The Morgan fingerprint density at radius 3 is 2.10 bits per heavy atom. The fourth-order valence-corrected chi connectivity index (χ4v) is 6.52. The van der Waals surface area contributed by atoms with Crippen LogP contribution in [0.2, 0.25) is 0 Å². The van der Waals surface area contributed by atoms with Gasteiger partial charge in [0.15, 0.2) is 5.82 Å². The fraction of sp³-hybridized carbons (Fsp3) is 0.486. The molecule has 5 amide bonds. The molecule has 0 atom stereocenters. The van der Waals surface area contributed by atoms with Gasteiger partial charge in [-0.05, 0) is 81.9 Å². The van der Waals surface area contributed by atoms with Gasteiger partial charge in [0, 0.05) is 80.9 Å². The van der Waals surface area contributed by atoms with E-state index in [2.05, 4.69) is 39.4 Å². The molecule has 3 fully saturated rings. The summed E-state index contributed by atoms with van der Waals surface area (Å²) in [5, 5.41) is 5.71. The number of aromatic nitrogens is 3. The number of nitrogens with zero attached hydrogens (tertiary/aromatic N) is 8. The second kappa shape index (κ2) is 16.2. The number of carbonyl (C=O) groups excluding carboxylic acids is 3. The van der Waals surface area contributed by atoms with E-state index in [1.165, 1.54) is 0 Å². The van der Waals surface area contributed by atoms with Crippen molar-refractivity contribution in [3.8, 4) is 11.4 Å². The number of nitrogens with one attached hydrogen (secondary N) is 2. The normalized spacial score (nSPS) is 17.8. The maximum Gasteiger partial charge on any atom is 0.323 e. The minimum atomic E-state index is -0.396. The highest BCUT2D eigenvalue weighted by molar-refractivity contribution is 6.00. The van der Waals surface area contributed by atoms with Gasteiger partial charge in [0.1, 0.15) is 5.82 Å². The lowest BCUT2D eigenvalue weighted by molar-refractivity contribution is 0.0663. The number of morpholine rings is 1. The minimum absolute atomic E-state index is 0.0131. The van der Waals surface area contributed by atoms with Crippen LogP contribution in [0.25, 0.3) is 11.4 Å². The van der Waals surface area contributed by atoms with Crippen LogP contribution in [0.5, 0.6) is 0 Å². The number of ether oxygens (including phenoxy) is 1. The maximum atomic E-state index is 13.0. The number of urea groups is 2. The molecule has 3 aliphatic heterocycles.